The molecular weight excluding hydrogens is 374 g/mol. The van der Waals surface area contributed by atoms with E-state index in [0.29, 0.717) is 29.9 Å². The number of likely N-dealkylation sites (tertiary alicyclic amines) is 1. The van der Waals surface area contributed by atoms with Gasteiger partial charge in [-0.1, -0.05) is 18.2 Å². The van der Waals surface area contributed by atoms with Crippen LogP contribution >= 0.6 is 0 Å². The molecule has 2 aliphatic rings. The zero-order chi connectivity index (χ0) is 20.5. The van der Waals surface area contributed by atoms with Crippen LogP contribution in [0, 0.1) is 5.92 Å². The third-order valence-corrected chi connectivity index (χ3v) is 8.38. The Labute approximate surface area is 169 Å². The van der Waals surface area contributed by atoms with Gasteiger partial charge in [-0.3, -0.25) is 4.79 Å². The molecule has 7 heteroatoms. The van der Waals surface area contributed by atoms with Crippen molar-refractivity contribution in [2.75, 3.05) is 19.3 Å². The van der Waals surface area contributed by atoms with E-state index in [1.807, 2.05) is 11.0 Å². The van der Waals surface area contributed by atoms with Gasteiger partial charge in [-0.2, -0.15) is 0 Å². The third-order valence-electron chi connectivity index (χ3n) is 6.52. The summed E-state index contributed by atoms with van der Waals surface area (Å²) < 4.78 is 26.2. The lowest BCUT2D eigenvalue weighted by Gasteiger charge is -2.44. The number of nitrogens with two attached hydrogens (primary N) is 1. The van der Waals surface area contributed by atoms with E-state index in [2.05, 4.69) is 25.8 Å². The first-order valence-electron chi connectivity index (χ1n) is 10.3. The highest BCUT2D eigenvalue weighted by Crippen LogP contribution is 2.35. The molecule has 6 nitrogen and oxygen atoms in total. The lowest BCUT2D eigenvalue weighted by molar-refractivity contribution is -0.132. The molecule has 0 aromatic heterocycles. The highest BCUT2D eigenvalue weighted by Gasteiger charge is 2.43. The minimum Gasteiger partial charge on any atom is -0.338 e. The van der Waals surface area contributed by atoms with Crippen LogP contribution in [0.5, 0.6) is 0 Å². The number of hydrogen-bond donors (Lipinski definition) is 1. The minimum atomic E-state index is -3.41. The smallest absolute Gasteiger partial charge is 0.239 e. The number of nitrogens with zero attached hydrogens (tertiary/aromatic N) is 2. The molecule has 3 rings (SSSR count). The van der Waals surface area contributed by atoms with Crippen LogP contribution in [0.2, 0.25) is 0 Å². The largest absolute Gasteiger partial charge is 0.338 e. The van der Waals surface area contributed by atoms with Crippen molar-refractivity contribution in [1.29, 1.82) is 0 Å². The third kappa shape index (κ3) is 4.42. The average molecular weight is 408 g/mol. The van der Waals surface area contributed by atoms with Crippen LogP contribution in [-0.4, -0.2) is 67.6 Å². The molecule has 156 valence electrons. The molecule has 0 radical (unpaired) electrons. The summed E-state index contributed by atoms with van der Waals surface area (Å²) in [5.41, 5.74) is 5.94. The molecule has 1 unspecified atom stereocenters. The summed E-state index contributed by atoms with van der Waals surface area (Å²) in [5.74, 6) is -0.0365. The van der Waals surface area contributed by atoms with E-state index in [0.717, 1.165) is 19.3 Å². The van der Waals surface area contributed by atoms with E-state index >= 15 is 0 Å². The highest BCUT2D eigenvalue weighted by atomic mass is 32.2. The van der Waals surface area contributed by atoms with Crippen LogP contribution in [-0.2, 0) is 14.6 Å². The summed E-state index contributed by atoms with van der Waals surface area (Å²) in [6.07, 6.45) is 3.24. The normalized spacial score (nSPS) is 29.1. The van der Waals surface area contributed by atoms with Gasteiger partial charge in [0.25, 0.3) is 0 Å². The van der Waals surface area contributed by atoms with Crippen molar-refractivity contribution in [2.24, 2.45) is 11.7 Å². The number of rotatable bonds is 6. The van der Waals surface area contributed by atoms with Gasteiger partial charge in [0.15, 0.2) is 9.84 Å². The van der Waals surface area contributed by atoms with E-state index in [9.17, 15) is 13.2 Å². The first-order chi connectivity index (χ1) is 13.2. The van der Waals surface area contributed by atoms with Gasteiger partial charge in [0.05, 0.1) is 16.7 Å². The summed E-state index contributed by atoms with van der Waals surface area (Å²) in [6, 6.07) is 8.88. The van der Waals surface area contributed by atoms with Gasteiger partial charge < -0.3 is 15.5 Å². The average Bonchev–Trinajstić information content (AvgIpc) is 3.00. The van der Waals surface area contributed by atoms with E-state index in [-0.39, 0.29) is 23.6 Å². The molecule has 28 heavy (non-hydrogen) atoms. The fourth-order valence-electron chi connectivity index (χ4n) is 4.66. The Kier molecular flexibility index (Phi) is 6.47. The number of amides is 1. The Hall–Kier alpha value is -1.44. The Bertz CT molecular complexity index is 781. The number of carbonyl (C=O) groups is 1. The van der Waals surface area contributed by atoms with Crippen LogP contribution in [0.1, 0.15) is 39.5 Å². The van der Waals surface area contributed by atoms with Crippen molar-refractivity contribution in [1.82, 2.24) is 9.80 Å². The van der Waals surface area contributed by atoms with Crippen molar-refractivity contribution in [2.45, 2.75) is 68.6 Å². The molecule has 2 fully saturated rings. The summed E-state index contributed by atoms with van der Waals surface area (Å²) in [7, 11) is -1.30. The monoisotopic (exact) mass is 407 g/mol. The quantitative estimate of drug-likeness (QED) is 0.779. The molecule has 1 heterocycles. The van der Waals surface area contributed by atoms with Crippen molar-refractivity contribution in [3.05, 3.63) is 30.3 Å². The molecular formula is C21H33N3O3S. The second-order valence-electron chi connectivity index (χ2n) is 8.57. The van der Waals surface area contributed by atoms with Crippen molar-refractivity contribution < 1.29 is 13.2 Å². The van der Waals surface area contributed by atoms with E-state index in [1.165, 1.54) is 0 Å². The molecule has 1 saturated carbocycles. The second kappa shape index (κ2) is 8.51. The lowest BCUT2D eigenvalue weighted by atomic mass is 9.81. The fourth-order valence-corrected chi connectivity index (χ4v) is 6.35. The molecule has 1 saturated heterocycles. The summed E-state index contributed by atoms with van der Waals surface area (Å²) in [4.78, 5) is 17.1. The number of carbonyl (C=O) groups excluding carboxylic acids is 1. The number of sulfone groups is 1. The Morgan fingerprint density at radius 2 is 1.86 bits per heavy atom. The zero-order valence-electron chi connectivity index (χ0n) is 17.1. The highest BCUT2D eigenvalue weighted by molar-refractivity contribution is 7.91. The molecule has 1 aliphatic heterocycles. The van der Waals surface area contributed by atoms with Gasteiger partial charge in [0, 0.05) is 24.7 Å². The fraction of sp³-hybridized carbons (Fsp3) is 0.667. The molecule has 2 N–H and O–H groups in total. The standard InChI is InChI=1S/C21H33N3O3S/c1-15(2)23(3)17-9-10-20(24-12-11-19(22)21(24)25)16(13-17)14-28(26,27)18-7-5-4-6-8-18/h4-8,15-17,19-20H,9-14,22H2,1-3H3/t16-,17+,19?,20-/m0/s1. The summed E-state index contributed by atoms with van der Waals surface area (Å²) >= 11 is 0. The van der Waals surface area contributed by atoms with Crippen molar-refractivity contribution in [3.63, 3.8) is 0 Å². The van der Waals surface area contributed by atoms with Gasteiger partial charge in [0.2, 0.25) is 5.91 Å². The maximum Gasteiger partial charge on any atom is 0.239 e. The van der Waals surface area contributed by atoms with Gasteiger partial charge in [-0.25, -0.2) is 8.42 Å². The minimum absolute atomic E-state index is 0.0252. The van der Waals surface area contributed by atoms with Crippen LogP contribution in [0.4, 0.5) is 0 Å². The van der Waals surface area contributed by atoms with E-state index < -0.39 is 15.9 Å². The second-order valence-corrected chi connectivity index (χ2v) is 10.6. The lowest BCUT2D eigenvalue weighted by Crippen LogP contribution is -2.52. The molecule has 1 amide bonds. The summed E-state index contributed by atoms with van der Waals surface area (Å²) in [5, 5.41) is 0. The Balaban J connectivity index is 1.85. The first-order valence-corrected chi connectivity index (χ1v) is 11.9. The molecule has 1 aromatic rings. The number of hydrogen-bond acceptors (Lipinski definition) is 5. The van der Waals surface area contributed by atoms with E-state index in [4.69, 9.17) is 5.73 Å². The molecule has 1 aromatic carbocycles. The van der Waals surface area contributed by atoms with Gasteiger partial charge >= 0.3 is 0 Å². The Morgan fingerprint density at radius 3 is 2.43 bits per heavy atom. The predicted molar refractivity (Wildman–Crippen MR) is 111 cm³/mol. The van der Waals surface area contributed by atoms with Crippen LogP contribution in [0.25, 0.3) is 0 Å². The van der Waals surface area contributed by atoms with Crippen LogP contribution in [0.15, 0.2) is 35.2 Å². The van der Waals surface area contributed by atoms with Crippen LogP contribution < -0.4 is 5.73 Å². The zero-order valence-corrected chi connectivity index (χ0v) is 17.9. The molecule has 1 aliphatic carbocycles. The Morgan fingerprint density at radius 1 is 1.18 bits per heavy atom. The molecule has 0 bridgehead atoms. The van der Waals surface area contributed by atoms with Crippen molar-refractivity contribution in [3.8, 4) is 0 Å². The predicted octanol–water partition coefficient (Wildman–Crippen LogP) is 1.90. The molecule has 4 atom stereocenters. The molecule has 0 spiro atoms. The van der Waals surface area contributed by atoms with Gasteiger partial charge in [-0.05, 0) is 64.6 Å². The topological polar surface area (TPSA) is 83.7 Å². The first kappa shape index (κ1) is 21.3. The maximum absolute atomic E-state index is 13.1. The van der Waals surface area contributed by atoms with Gasteiger partial charge in [-0.15, -0.1) is 0 Å². The van der Waals surface area contributed by atoms with Crippen LogP contribution in [0.3, 0.4) is 0 Å². The SMILES string of the molecule is CC(C)N(C)[C@@H]1CC[C@H](N2CCC(N)C2=O)[C@H](CS(=O)(=O)c2ccccc2)C1. The van der Waals surface area contributed by atoms with Gasteiger partial charge in [0.1, 0.15) is 0 Å². The number of benzene rings is 1. The van der Waals surface area contributed by atoms with Crippen molar-refractivity contribution >= 4 is 15.7 Å². The van der Waals surface area contributed by atoms with E-state index in [1.54, 1.807) is 24.3 Å². The summed E-state index contributed by atoms with van der Waals surface area (Å²) in [6.45, 7) is 4.95. The maximum atomic E-state index is 13.1.